The first-order chi connectivity index (χ1) is 16.6. The molecule has 0 bridgehead atoms. The minimum Gasteiger partial charge on any atom is -0.433 e. The van der Waals surface area contributed by atoms with Gasteiger partial charge in [0.05, 0.1) is 6.07 Å². The molecular formula is C27H32N4O3. The summed E-state index contributed by atoms with van der Waals surface area (Å²) in [6.45, 7) is 1.69. The molecule has 2 aromatic carbocycles. The van der Waals surface area contributed by atoms with Crippen molar-refractivity contribution in [1.82, 2.24) is 15.5 Å². The normalized spacial score (nSPS) is 21.3. The monoisotopic (exact) mass is 460 g/mol. The van der Waals surface area contributed by atoms with Crippen LogP contribution in [0, 0.1) is 11.3 Å². The summed E-state index contributed by atoms with van der Waals surface area (Å²) in [6, 6.07) is 21.7. The van der Waals surface area contributed by atoms with Crippen LogP contribution < -0.4 is 10.6 Å². The number of nitriles is 1. The predicted molar refractivity (Wildman–Crippen MR) is 128 cm³/mol. The second-order valence-electron chi connectivity index (χ2n) is 9.23. The Hall–Kier alpha value is -3.37. The van der Waals surface area contributed by atoms with Gasteiger partial charge in [-0.2, -0.15) is 5.26 Å². The summed E-state index contributed by atoms with van der Waals surface area (Å²) >= 11 is 0. The molecule has 2 fully saturated rings. The van der Waals surface area contributed by atoms with Crippen LogP contribution in [-0.4, -0.2) is 41.1 Å². The van der Waals surface area contributed by atoms with Crippen molar-refractivity contribution in [2.75, 3.05) is 13.1 Å². The highest BCUT2D eigenvalue weighted by Crippen LogP contribution is 2.37. The van der Waals surface area contributed by atoms with E-state index in [9.17, 15) is 14.9 Å². The number of hydrogen-bond acceptors (Lipinski definition) is 5. The molecule has 2 aliphatic rings. The molecule has 1 heterocycles. The fourth-order valence-corrected chi connectivity index (χ4v) is 4.96. The Labute approximate surface area is 201 Å². The van der Waals surface area contributed by atoms with Crippen LogP contribution in [0.25, 0.3) is 0 Å². The third-order valence-electron chi connectivity index (χ3n) is 6.90. The lowest BCUT2D eigenvalue weighted by Gasteiger charge is -2.43. The number of nitrogens with zero attached hydrogens (tertiary/aromatic N) is 2. The predicted octanol–water partition coefficient (Wildman–Crippen LogP) is 3.90. The first kappa shape index (κ1) is 23.8. The van der Waals surface area contributed by atoms with Crippen molar-refractivity contribution in [2.45, 2.75) is 62.8 Å². The molecule has 7 heteroatoms. The molecule has 0 spiro atoms. The summed E-state index contributed by atoms with van der Waals surface area (Å²) in [5, 5.41) is 16.2. The quantitative estimate of drug-likeness (QED) is 0.654. The second-order valence-corrected chi connectivity index (χ2v) is 9.23. The fraction of sp³-hybridized carbons (Fsp3) is 0.444. The van der Waals surface area contributed by atoms with Crippen molar-refractivity contribution >= 4 is 12.0 Å². The summed E-state index contributed by atoms with van der Waals surface area (Å²) in [6.07, 6.45) is 3.46. The van der Waals surface area contributed by atoms with E-state index in [0.717, 1.165) is 30.4 Å². The highest BCUT2D eigenvalue weighted by Gasteiger charge is 2.52. The van der Waals surface area contributed by atoms with Gasteiger partial charge < -0.3 is 20.3 Å². The fourth-order valence-electron chi connectivity index (χ4n) is 4.96. The standard InChI is InChI=1S/C27H32N4O3/c28-20-26(16-17-29-21-26)31(19-23-12-6-2-7-13-23)24(32)27(14-8-3-9-15-27)34-25(33)30-18-22-10-4-1-5-11-22/h1-2,4-7,10-13,29H,3,8-9,14-19,21H2,(H,30,33). The maximum absolute atomic E-state index is 14.2. The zero-order valence-electron chi connectivity index (χ0n) is 19.5. The number of benzene rings is 2. The van der Waals surface area contributed by atoms with Crippen molar-refractivity contribution in [3.8, 4) is 6.07 Å². The molecule has 1 aliphatic carbocycles. The van der Waals surface area contributed by atoms with Gasteiger partial charge in [0.1, 0.15) is 5.54 Å². The first-order valence-electron chi connectivity index (χ1n) is 12.1. The van der Waals surface area contributed by atoms with Gasteiger partial charge >= 0.3 is 6.09 Å². The number of ether oxygens (including phenoxy) is 1. The molecule has 0 radical (unpaired) electrons. The van der Waals surface area contributed by atoms with E-state index in [1.165, 1.54) is 0 Å². The van der Waals surface area contributed by atoms with Gasteiger partial charge in [-0.05, 0) is 49.8 Å². The van der Waals surface area contributed by atoms with Gasteiger partial charge in [0, 0.05) is 19.6 Å². The van der Waals surface area contributed by atoms with E-state index in [4.69, 9.17) is 4.74 Å². The van der Waals surface area contributed by atoms with E-state index in [-0.39, 0.29) is 5.91 Å². The molecular weight excluding hydrogens is 428 g/mol. The zero-order chi connectivity index (χ0) is 23.9. The largest absolute Gasteiger partial charge is 0.433 e. The van der Waals surface area contributed by atoms with Gasteiger partial charge in [-0.3, -0.25) is 4.79 Å². The Morgan fingerprint density at radius 3 is 2.21 bits per heavy atom. The molecule has 2 N–H and O–H groups in total. The van der Waals surface area contributed by atoms with Gasteiger partial charge in [-0.25, -0.2) is 4.79 Å². The van der Waals surface area contributed by atoms with Gasteiger partial charge in [0.25, 0.3) is 5.91 Å². The number of alkyl carbamates (subject to hydrolysis) is 1. The Bertz CT molecular complexity index is 1010. The maximum atomic E-state index is 14.2. The van der Waals surface area contributed by atoms with E-state index < -0.39 is 17.2 Å². The lowest BCUT2D eigenvalue weighted by Crippen LogP contribution is -2.61. The van der Waals surface area contributed by atoms with Crippen molar-refractivity contribution in [3.05, 3.63) is 71.8 Å². The summed E-state index contributed by atoms with van der Waals surface area (Å²) < 4.78 is 5.96. The topological polar surface area (TPSA) is 94.5 Å². The SMILES string of the molecule is N#CC1(N(Cc2ccccc2)C(=O)C2(OC(=O)NCc3ccccc3)CCCCC2)CCNC1. The lowest BCUT2D eigenvalue weighted by molar-refractivity contribution is -0.160. The Balaban J connectivity index is 1.58. The lowest BCUT2D eigenvalue weighted by atomic mass is 9.81. The molecule has 7 nitrogen and oxygen atoms in total. The van der Waals surface area contributed by atoms with Crippen molar-refractivity contribution in [2.24, 2.45) is 0 Å². The van der Waals surface area contributed by atoms with E-state index in [2.05, 4.69) is 16.7 Å². The second kappa shape index (κ2) is 10.7. The smallest absolute Gasteiger partial charge is 0.408 e. The summed E-state index contributed by atoms with van der Waals surface area (Å²) in [4.78, 5) is 28.8. The Kier molecular flexibility index (Phi) is 7.49. The van der Waals surface area contributed by atoms with Crippen LogP contribution in [0.5, 0.6) is 0 Å². The molecule has 1 atom stereocenters. The van der Waals surface area contributed by atoms with E-state index >= 15 is 0 Å². The number of rotatable bonds is 7. The molecule has 34 heavy (non-hydrogen) atoms. The number of carbonyl (C=O) groups is 2. The van der Waals surface area contributed by atoms with Crippen LogP contribution >= 0.6 is 0 Å². The first-order valence-corrected chi connectivity index (χ1v) is 12.1. The van der Waals surface area contributed by atoms with Crippen LogP contribution in [-0.2, 0) is 22.6 Å². The molecule has 1 saturated heterocycles. The van der Waals surface area contributed by atoms with Crippen molar-refractivity contribution in [1.29, 1.82) is 5.26 Å². The molecule has 0 aromatic heterocycles. The third kappa shape index (κ3) is 5.23. The molecule has 1 unspecified atom stereocenters. The highest BCUT2D eigenvalue weighted by molar-refractivity contribution is 5.89. The van der Waals surface area contributed by atoms with Crippen molar-refractivity contribution < 1.29 is 14.3 Å². The minimum absolute atomic E-state index is 0.267. The average Bonchev–Trinajstić information content (AvgIpc) is 3.38. The Morgan fingerprint density at radius 2 is 1.62 bits per heavy atom. The molecule has 2 aromatic rings. The number of amides is 2. The highest BCUT2D eigenvalue weighted by atomic mass is 16.6. The molecule has 1 aliphatic heterocycles. The summed E-state index contributed by atoms with van der Waals surface area (Å²) in [5.41, 5.74) is -0.340. The van der Waals surface area contributed by atoms with Gasteiger partial charge in [-0.15, -0.1) is 0 Å². The van der Waals surface area contributed by atoms with Gasteiger partial charge in [0.2, 0.25) is 0 Å². The molecule has 4 rings (SSSR count). The minimum atomic E-state index is -1.26. The van der Waals surface area contributed by atoms with Crippen LogP contribution in [0.2, 0.25) is 0 Å². The van der Waals surface area contributed by atoms with Crippen LogP contribution in [0.4, 0.5) is 4.79 Å². The summed E-state index contributed by atoms with van der Waals surface area (Å²) in [7, 11) is 0. The van der Waals surface area contributed by atoms with Gasteiger partial charge in [0.15, 0.2) is 5.60 Å². The van der Waals surface area contributed by atoms with Crippen LogP contribution in [0.3, 0.4) is 0 Å². The third-order valence-corrected chi connectivity index (χ3v) is 6.90. The molecule has 1 saturated carbocycles. The van der Waals surface area contributed by atoms with Gasteiger partial charge in [-0.1, -0.05) is 67.1 Å². The van der Waals surface area contributed by atoms with Crippen molar-refractivity contribution in [3.63, 3.8) is 0 Å². The number of carbonyl (C=O) groups excluding carboxylic acids is 2. The van der Waals surface area contributed by atoms with E-state index in [1.807, 2.05) is 60.7 Å². The Morgan fingerprint density at radius 1 is 0.971 bits per heavy atom. The maximum Gasteiger partial charge on any atom is 0.408 e. The van der Waals surface area contributed by atoms with E-state index in [1.54, 1.807) is 4.90 Å². The average molecular weight is 461 g/mol. The number of hydrogen-bond donors (Lipinski definition) is 2. The number of nitrogens with one attached hydrogen (secondary N) is 2. The van der Waals surface area contributed by atoms with Crippen LogP contribution in [0.1, 0.15) is 49.7 Å². The molecule has 178 valence electrons. The molecule has 2 amide bonds. The zero-order valence-corrected chi connectivity index (χ0v) is 19.5. The van der Waals surface area contributed by atoms with E-state index in [0.29, 0.717) is 45.4 Å². The summed E-state index contributed by atoms with van der Waals surface area (Å²) in [5.74, 6) is -0.267. The van der Waals surface area contributed by atoms with Crippen LogP contribution in [0.15, 0.2) is 60.7 Å².